The lowest BCUT2D eigenvalue weighted by molar-refractivity contribution is 0.302. The molecule has 0 aliphatic carbocycles. The van der Waals surface area contributed by atoms with Gasteiger partial charge in [-0.1, -0.05) is 138 Å². The van der Waals surface area contributed by atoms with Gasteiger partial charge in [0.05, 0.1) is 31.8 Å². The van der Waals surface area contributed by atoms with Crippen molar-refractivity contribution in [2.45, 2.75) is 161 Å². The van der Waals surface area contributed by atoms with Crippen LogP contribution < -0.4 is 0 Å². The van der Waals surface area contributed by atoms with Gasteiger partial charge in [0.2, 0.25) is 0 Å². The number of furan rings is 2. The van der Waals surface area contributed by atoms with Crippen molar-refractivity contribution in [1.29, 1.82) is 0 Å². The fraction of sp³-hybridized carbons (Fsp3) is 0.660. The van der Waals surface area contributed by atoms with Crippen LogP contribution in [0.15, 0.2) is 89.6 Å². The maximum absolute atomic E-state index is 5.27. The SMILES string of the molecule is C.CC(C)(C)C1=NCC=C1.CC(C)(C)C1=NCCC1.CC(C)(C)C1=NCCO1.CC(C)(C)c1ccco1.CC(C)(C)c1ccco1.CC(C)(C)c1ncco1. The van der Waals surface area contributed by atoms with Crippen LogP contribution in [0.3, 0.4) is 0 Å². The van der Waals surface area contributed by atoms with Crippen molar-refractivity contribution in [3.8, 4) is 0 Å². The minimum absolute atomic E-state index is 0. The van der Waals surface area contributed by atoms with Gasteiger partial charge in [-0.05, 0) is 48.6 Å². The summed E-state index contributed by atoms with van der Waals surface area (Å²) < 4.78 is 20.8. The zero-order chi connectivity index (χ0) is 41.4. The fourth-order valence-electron chi connectivity index (χ4n) is 4.80. The van der Waals surface area contributed by atoms with E-state index in [9.17, 15) is 0 Å². The van der Waals surface area contributed by atoms with Crippen molar-refractivity contribution >= 4 is 17.3 Å². The van der Waals surface area contributed by atoms with Gasteiger partial charge >= 0.3 is 0 Å². The van der Waals surface area contributed by atoms with E-state index < -0.39 is 0 Å². The molecular formula is C47H80N4O4. The summed E-state index contributed by atoms with van der Waals surface area (Å²) in [5.41, 5.74) is 3.67. The van der Waals surface area contributed by atoms with Crippen LogP contribution in [0.2, 0.25) is 0 Å². The van der Waals surface area contributed by atoms with Gasteiger partial charge in [0.1, 0.15) is 24.4 Å². The molecule has 0 aromatic carbocycles. The molecule has 0 N–H and O–H groups in total. The molecule has 0 unspecified atom stereocenters. The molecule has 0 spiro atoms. The molecule has 8 heteroatoms. The highest BCUT2D eigenvalue weighted by molar-refractivity contribution is 6.00. The number of rotatable bonds is 0. The summed E-state index contributed by atoms with van der Waals surface area (Å²) >= 11 is 0. The average Bonchev–Trinajstić information content (AvgIpc) is 3.89. The quantitative estimate of drug-likeness (QED) is 0.227. The molecule has 3 aliphatic rings. The van der Waals surface area contributed by atoms with Gasteiger partial charge in [0.25, 0.3) is 0 Å². The first-order chi connectivity index (χ1) is 24.6. The number of aromatic nitrogens is 1. The van der Waals surface area contributed by atoms with Crippen LogP contribution in [0.5, 0.6) is 0 Å². The lowest BCUT2D eigenvalue weighted by atomic mass is 9.88. The molecule has 8 nitrogen and oxygen atoms in total. The van der Waals surface area contributed by atoms with Gasteiger partial charge in [-0.3, -0.25) is 15.0 Å². The standard InChI is InChI=1S/C8H15N.C8H13N.2C8H12O.C7H13NO.C7H11NO.CH4/c4*1-8(2,3)7-5-4-6-9-7;2*1-7(2,3)6-8-4-5-9-6;/h4-6H2,1-3H3;4-5H,6H2,1-3H3;2*4-6H,1-3H3;4-5H2,1-3H3;4-5H,1-3H3;1H4. The number of hydrogen-bond acceptors (Lipinski definition) is 8. The second-order valence-electron chi connectivity index (χ2n) is 19.9. The third-order valence-corrected chi connectivity index (χ3v) is 7.97. The molecule has 6 rings (SSSR count). The first kappa shape index (κ1) is 51.3. The average molecular weight is 765 g/mol. The summed E-state index contributed by atoms with van der Waals surface area (Å²) in [5, 5.41) is 0. The van der Waals surface area contributed by atoms with Crippen LogP contribution in [-0.4, -0.2) is 48.5 Å². The predicted molar refractivity (Wildman–Crippen MR) is 236 cm³/mol. The minimum Gasteiger partial charge on any atom is -0.479 e. The van der Waals surface area contributed by atoms with Crippen molar-refractivity contribution in [3.05, 3.63) is 78.8 Å². The Morgan fingerprint density at radius 3 is 1.27 bits per heavy atom. The first-order valence-electron chi connectivity index (χ1n) is 19.5. The van der Waals surface area contributed by atoms with Crippen LogP contribution in [0.1, 0.15) is 162 Å². The number of hydrogen-bond donors (Lipinski definition) is 0. The smallest absolute Gasteiger partial charge is 0.199 e. The molecule has 312 valence electrons. The summed E-state index contributed by atoms with van der Waals surface area (Å²) in [7, 11) is 0. The molecule has 0 bridgehead atoms. The molecular weight excluding hydrogens is 685 g/mol. The molecule has 0 fully saturated rings. The maximum atomic E-state index is 5.27. The van der Waals surface area contributed by atoms with Crippen LogP contribution in [0.25, 0.3) is 0 Å². The topological polar surface area (TPSA) is 98.6 Å². The highest BCUT2D eigenvalue weighted by Crippen LogP contribution is 2.24. The van der Waals surface area contributed by atoms with E-state index >= 15 is 0 Å². The Morgan fingerprint density at radius 2 is 1.09 bits per heavy atom. The highest BCUT2D eigenvalue weighted by Gasteiger charge is 2.23. The zero-order valence-corrected chi connectivity index (χ0v) is 37.4. The van der Waals surface area contributed by atoms with Gasteiger partial charge in [-0.25, -0.2) is 4.98 Å². The van der Waals surface area contributed by atoms with Crippen LogP contribution in [0, 0.1) is 16.2 Å². The van der Waals surface area contributed by atoms with E-state index in [0.29, 0.717) is 5.41 Å². The van der Waals surface area contributed by atoms with E-state index in [-0.39, 0.29) is 34.5 Å². The molecule has 0 saturated carbocycles. The summed E-state index contributed by atoms with van der Waals surface area (Å²) in [6, 6.07) is 7.83. The number of allylic oxidation sites excluding steroid dienone is 1. The van der Waals surface area contributed by atoms with Crippen molar-refractivity contribution < 1.29 is 18.0 Å². The van der Waals surface area contributed by atoms with E-state index in [4.69, 9.17) is 18.0 Å². The van der Waals surface area contributed by atoms with Crippen LogP contribution in [-0.2, 0) is 21.0 Å². The monoisotopic (exact) mass is 765 g/mol. The Hall–Kier alpha value is -3.68. The molecule has 0 radical (unpaired) electrons. The molecule has 3 aromatic heterocycles. The second-order valence-corrected chi connectivity index (χ2v) is 19.9. The maximum Gasteiger partial charge on any atom is 0.199 e. The van der Waals surface area contributed by atoms with Gasteiger partial charge < -0.3 is 18.0 Å². The first-order valence-corrected chi connectivity index (χ1v) is 19.5. The Balaban J connectivity index is 0.000000634. The molecule has 0 atom stereocenters. The summed E-state index contributed by atoms with van der Waals surface area (Å²) in [5.74, 6) is 3.79. The molecule has 3 aromatic rings. The van der Waals surface area contributed by atoms with Crippen LogP contribution >= 0.6 is 0 Å². The lowest BCUT2D eigenvalue weighted by Crippen LogP contribution is -2.20. The Morgan fingerprint density at radius 1 is 0.545 bits per heavy atom. The Labute approximate surface area is 336 Å². The van der Waals surface area contributed by atoms with Crippen LogP contribution in [0.4, 0.5) is 0 Å². The summed E-state index contributed by atoms with van der Waals surface area (Å²) in [4.78, 5) is 17.0. The van der Waals surface area contributed by atoms with E-state index in [1.807, 2.05) is 24.3 Å². The zero-order valence-electron chi connectivity index (χ0n) is 37.4. The number of nitrogens with zero attached hydrogens (tertiary/aromatic N) is 4. The van der Waals surface area contributed by atoms with Crippen molar-refractivity contribution in [3.63, 3.8) is 0 Å². The van der Waals surface area contributed by atoms with E-state index in [0.717, 1.165) is 49.6 Å². The van der Waals surface area contributed by atoms with Crippen molar-refractivity contribution in [2.75, 3.05) is 26.2 Å². The number of ether oxygens (including phenoxy) is 1. The molecule has 3 aliphatic heterocycles. The molecule has 0 amide bonds. The van der Waals surface area contributed by atoms with Gasteiger partial charge in [-0.2, -0.15) is 0 Å². The second kappa shape index (κ2) is 22.2. The third-order valence-electron chi connectivity index (χ3n) is 7.97. The largest absolute Gasteiger partial charge is 0.479 e. The van der Waals surface area contributed by atoms with E-state index in [1.54, 1.807) is 25.0 Å². The minimum atomic E-state index is 0. The Kier molecular flexibility index (Phi) is 20.7. The molecule has 0 saturated heterocycles. The molecule has 55 heavy (non-hydrogen) atoms. The normalized spacial score (nSPS) is 15.3. The van der Waals surface area contributed by atoms with E-state index in [2.05, 4.69) is 157 Å². The fourth-order valence-corrected chi connectivity index (χ4v) is 4.80. The predicted octanol–water partition coefficient (Wildman–Crippen LogP) is 13.5. The van der Waals surface area contributed by atoms with Gasteiger partial charge in [0.15, 0.2) is 11.8 Å². The third kappa shape index (κ3) is 21.3. The number of aliphatic imine (C=N–C) groups is 3. The van der Waals surface area contributed by atoms with E-state index in [1.165, 1.54) is 24.3 Å². The van der Waals surface area contributed by atoms with Gasteiger partial charge in [-0.15, -0.1) is 0 Å². The van der Waals surface area contributed by atoms with Crippen molar-refractivity contribution in [2.24, 2.45) is 31.2 Å². The lowest BCUT2D eigenvalue weighted by Gasteiger charge is -2.17. The number of oxazole rings is 1. The summed E-state index contributed by atoms with van der Waals surface area (Å²) in [6.45, 7) is 42.1. The van der Waals surface area contributed by atoms with Gasteiger partial charge in [0, 0.05) is 45.0 Å². The molecule has 6 heterocycles. The highest BCUT2D eigenvalue weighted by atomic mass is 16.5. The Bertz CT molecular complexity index is 1410. The summed E-state index contributed by atoms with van der Waals surface area (Å²) in [6.07, 6.45) is 13.4. The van der Waals surface area contributed by atoms with Crippen molar-refractivity contribution in [1.82, 2.24) is 4.98 Å².